The van der Waals surface area contributed by atoms with E-state index in [1.54, 1.807) is 0 Å². The van der Waals surface area contributed by atoms with Crippen molar-refractivity contribution in [1.29, 1.82) is 0 Å². The van der Waals surface area contributed by atoms with Crippen LogP contribution in [0.5, 0.6) is 0 Å². The second kappa shape index (κ2) is 3.73. The van der Waals surface area contributed by atoms with E-state index in [1.807, 2.05) is 0 Å². The van der Waals surface area contributed by atoms with E-state index < -0.39 is 0 Å². The zero-order valence-electron chi connectivity index (χ0n) is 8.04. The van der Waals surface area contributed by atoms with Crippen molar-refractivity contribution in [3.05, 3.63) is 0 Å². The minimum Gasteiger partial charge on any atom is -0.396 e. The molecular weight excluding hydrogens is 156 g/mol. The van der Waals surface area contributed by atoms with Gasteiger partial charge in [0.15, 0.2) is 6.29 Å². The summed E-state index contributed by atoms with van der Waals surface area (Å²) >= 11 is 0. The molecule has 2 atom stereocenters. The quantitative estimate of drug-likeness (QED) is 0.682. The van der Waals surface area contributed by atoms with Gasteiger partial charge in [0.1, 0.15) is 0 Å². The fraction of sp³-hybridized carbons (Fsp3) is 1.00. The zero-order chi connectivity index (χ0) is 9.19. The standard InChI is InChI=1S/C9H18O3/c1-9(2,3)8-11-6-7(12-8)4-5-10/h7-8,10H,4-6H2,1-3H3/t7-,8?/m0/s1. The van der Waals surface area contributed by atoms with Gasteiger partial charge in [-0.15, -0.1) is 0 Å². The molecule has 3 nitrogen and oxygen atoms in total. The molecule has 0 aromatic carbocycles. The van der Waals surface area contributed by atoms with E-state index in [9.17, 15) is 0 Å². The average molecular weight is 174 g/mol. The van der Waals surface area contributed by atoms with Crippen molar-refractivity contribution in [2.45, 2.75) is 39.6 Å². The van der Waals surface area contributed by atoms with Crippen LogP contribution >= 0.6 is 0 Å². The van der Waals surface area contributed by atoms with E-state index in [1.165, 1.54) is 0 Å². The predicted molar refractivity (Wildman–Crippen MR) is 45.8 cm³/mol. The Labute approximate surface area is 73.7 Å². The van der Waals surface area contributed by atoms with Crippen molar-refractivity contribution in [3.8, 4) is 0 Å². The molecule has 72 valence electrons. The smallest absolute Gasteiger partial charge is 0.162 e. The van der Waals surface area contributed by atoms with Crippen LogP contribution in [0.3, 0.4) is 0 Å². The highest BCUT2D eigenvalue weighted by molar-refractivity contribution is 4.74. The Balaban J connectivity index is 2.35. The highest BCUT2D eigenvalue weighted by atomic mass is 16.7. The molecule has 0 radical (unpaired) electrons. The lowest BCUT2D eigenvalue weighted by Crippen LogP contribution is -2.27. The minimum absolute atomic E-state index is 0.0320. The van der Waals surface area contributed by atoms with Gasteiger partial charge in [-0.3, -0.25) is 0 Å². The molecule has 12 heavy (non-hydrogen) atoms. The summed E-state index contributed by atoms with van der Waals surface area (Å²) in [6, 6.07) is 0. The number of ether oxygens (including phenoxy) is 2. The predicted octanol–water partition coefficient (Wildman–Crippen LogP) is 1.16. The Morgan fingerprint density at radius 1 is 1.42 bits per heavy atom. The van der Waals surface area contributed by atoms with Gasteiger partial charge in [-0.05, 0) is 6.42 Å². The van der Waals surface area contributed by atoms with Gasteiger partial charge in [0, 0.05) is 12.0 Å². The first-order valence-corrected chi connectivity index (χ1v) is 4.42. The molecule has 0 bridgehead atoms. The molecular formula is C9H18O3. The highest BCUT2D eigenvalue weighted by Gasteiger charge is 2.34. The molecule has 3 heteroatoms. The molecule has 0 aromatic rings. The van der Waals surface area contributed by atoms with Gasteiger partial charge >= 0.3 is 0 Å². The fourth-order valence-corrected chi connectivity index (χ4v) is 1.20. The van der Waals surface area contributed by atoms with Crippen molar-refractivity contribution in [2.75, 3.05) is 13.2 Å². The van der Waals surface area contributed by atoms with Gasteiger partial charge in [-0.25, -0.2) is 0 Å². The Morgan fingerprint density at radius 2 is 2.08 bits per heavy atom. The number of rotatable bonds is 2. The Hall–Kier alpha value is -0.120. The summed E-state index contributed by atoms with van der Waals surface area (Å²) in [6.07, 6.45) is 0.639. The maximum atomic E-state index is 8.68. The van der Waals surface area contributed by atoms with Gasteiger partial charge in [0.25, 0.3) is 0 Å². The second-order valence-corrected chi connectivity index (χ2v) is 4.30. The number of aliphatic hydroxyl groups is 1. The van der Waals surface area contributed by atoms with Crippen molar-refractivity contribution < 1.29 is 14.6 Å². The molecule has 0 saturated carbocycles. The van der Waals surface area contributed by atoms with Crippen LogP contribution in [0.4, 0.5) is 0 Å². The normalized spacial score (nSPS) is 31.0. The number of hydrogen-bond donors (Lipinski definition) is 1. The van der Waals surface area contributed by atoms with E-state index >= 15 is 0 Å². The van der Waals surface area contributed by atoms with E-state index in [0.29, 0.717) is 13.0 Å². The minimum atomic E-state index is -0.117. The van der Waals surface area contributed by atoms with Crippen LogP contribution in [-0.2, 0) is 9.47 Å². The van der Waals surface area contributed by atoms with Crippen LogP contribution in [0.2, 0.25) is 0 Å². The van der Waals surface area contributed by atoms with Crippen molar-refractivity contribution in [3.63, 3.8) is 0 Å². The molecule has 1 aliphatic heterocycles. The van der Waals surface area contributed by atoms with Crippen LogP contribution < -0.4 is 0 Å². The summed E-state index contributed by atoms with van der Waals surface area (Å²) in [4.78, 5) is 0. The van der Waals surface area contributed by atoms with Crippen molar-refractivity contribution in [2.24, 2.45) is 5.41 Å². The first kappa shape index (κ1) is 9.96. The van der Waals surface area contributed by atoms with E-state index in [4.69, 9.17) is 14.6 Å². The van der Waals surface area contributed by atoms with Crippen molar-refractivity contribution >= 4 is 0 Å². The first-order chi connectivity index (χ1) is 5.54. The monoisotopic (exact) mass is 174 g/mol. The van der Waals surface area contributed by atoms with Gasteiger partial charge in [0.05, 0.1) is 12.7 Å². The lowest BCUT2D eigenvalue weighted by Gasteiger charge is -2.25. The van der Waals surface area contributed by atoms with Crippen LogP contribution in [0.15, 0.2) is 0 Å². The second-order valence-electron chi connectivity index (χ2n) is 4.30. The molecule has 1 unspecified atom stereocenters. The van der Waals surface area contributed by atoms with Crippen LogP contribution in [0.25, 0.3) is 0 Å². The average Bonchev–Trinajstić information content (AvgIpc) is 2.35. The summed E-state index contributed by atoms with van der Waals surface area (Å²) in [6.45, 7) is 7.03. The summed E-state index contributed by atoms with van der Waals surface area (Å²) in [7, 11) is 0. The third-order valence-electron chi connectivity index (χ3n) is 1.91. The molecule has 1 saturated heterocycles. The molecule has 1 fully saturated rings. The number of hydrogen-bond acceptors (Lipinski definition) is 3. The Bertz CT molecular complexity index is 139. The maximum Gasteiger partial charge on any atom is 0.162 e. The van der Waals surface area contributed by atoms with E-state index in [0.717, 1.165) is 0 Å². The molecule has 0 aliphatic carbocycles. The molecule has 0 aromatic heterocycles. The van der Waals surface area contributed by atoms with Gasteiger partial charge in [-0.1, -0.05) is 20.8 Å². The Morgan fingerprint density at radius 3 is 2.50 bits per heavy atom. The third-order valence-corrected chi connectivity index (χ3v) is 1.91. The van der Waals surface area contributed by atoms with Crippen LogP contribution in [0.1, 0.15) is 27.2 Å². The van der Waals surface area contributed by atoms with Gasteiger partial charge < -0.3 is 14.6 Å². The topological polar surface area (TPSA) is 38.7 Å². The molecule has 1 aliphatic rings. The zero-order valence-corrected chi connectivity index (χ0v) is 8.04. The summed E-state index contributed by atoms with van der Waals surface area (Å²) in [5, 5.41) is 8.68. The van der Waals surface area contributed by atoms with Crippen LogP contribution in [0, 0.1) is 5.41 Å². The van der Waals surface area contributed by atoms with Gasteiger partial charge in [0.2, 0.25) is 0 Å². The molecule has 1 rings (SSSR count). The lowest BCUT2D eigenvalue weighted by molar-refractivity contribution is -0.125. The first-order valence-electron chi connectivity index (χ1n) is 4.42. The SMILES string of the molecule is CC(C)(C)C1OC[C@H](CCO)O1. The molecule has 1 N–H and O–H groups in total. The third kappa shape index (κ3) is 2.44. The fourth-order valence-electron chi connectivity index (χ4n) is 1.20. The highest BCUT2D eigenvalue weighted by Crippen LogP contribution is 2.29. The largest absolute Gasteiger partial charge is 0.396 e. The summed E-state index contributed by atoms with van der Waals surface area (Å²) in [5.74, 6) is 0. The molecule has 1 heterocycles. The molecule has 0 spiro atoms. The lowest BCUT2D eigenvalue weighted by atomic mass is 9.96. The summed E-state index contributed by atoms with van der Waals surface area (Å²) < 4.78 is 11.0. The maximum absolute atomic E-state index is 8.68. The van der Waals surface area contributed by atoms with Crippen molar-refractivity contribution in [1.82, 2.24) is 0 Å². The summed E-state index contributed by atoms with van der Waals surface area (Å²) in [5.41, 5.74) is 0.0320. The van der Waals surface area contributed by atoms with Gasteiger partial charge in [-0.2, -0.15) is 0 Å². The van der Waals surface area contributed by atoms with E-state index in [2.05, 4.69) is 20.8 Å². The van der Waals surface area contributed by atoms with E-state index in [-0.39, 0.29) is 24.4 Å². The number of aliphatic hydroxyl groups excluding tert-OH is 1. The van der Waals surface area contributed by atoms with Crippen LogP contribution in [-0.4, -0.2) is 30.7 Å². The Kier molecular flexibility index (Phi) is 3.09. The molecule has 0 amide bonds.